The lowest BCUT2D eigenvalue weighted by molar-refractivity contribution is 0.682. The third-order valence-corrected chi connectivity index (χ3v) is 4.56. The third kappa shape index (κ3) is 3.12. The number of rotatable bonds is 4. The molecular formula is C14H14ClNOS. The Morgan fingerprint density at radius 2 is 1.72 bits per heavy atom. The van der Waals surface area contributed by atoms with Crippen LogP contribution in [0.1, 0.15) is 5.56 Å². The second kappa shape index (κ2) is 6.03. The average molecular weight is 280 g/mol. The highest BCUT2D eigenvalue weighted by Crippen LogP contribution is 2.20. The summed E-state index contributed by atoms with van der Waals surface area (Å²) in [5, 5.41) is 0.553. The van der Waals surface area contributed by atoms with Gasteiger partial charge in [0.05, 0.1) is 20.7 Å². The Hall–Kier alpha value is -1.32. The predicted molar refractivity (Wildman–Crippen MR) is 77.3 cm³/mol. The molecule has 2 N–H and O–H groups in total. The van der Waals surface area contributed by atoms with E-state index in [2.05, 4.69) is 0 Å². The summed E-state index contributed by atoms with van der Waals surface area (Å²) < 4.78 is 12.1. The number of hydrogen-bond acceptors (Lipinski definition) is 2. The van der Waals surface area contributed by atoms with E-state index >= 15 is 0 Å². The lowest BCUT2D eigenvalue weighted by Crippen LogP contribution is -2.04. The standard InChI is InChI=1S/C14H14ClNOS/c15-12-6-2-4-8-14(12)18(17)10-9-11-5-1-3-7-13(11)16/h1-8H,9-10,16H2. The quantitative estimate of drug-likeness (QED) is 0.873. The van der Waals surface area contributed by atoms with Crippen molar-refractivity contribution in [1.29, 1.82) is 0 Å². The van der Waals surface area contributed by atoms with Crippen LogP contribution in [0.5, 0.6) is 0 Å². The van der Waals surface area contributed by atoms with E-state index in [9.17, 15) is 4.21 Å². The van der Waals surface area contributed by atoms with Gasteiger partial charge in [-0.15, -0.1) is 0 Å². The van der Waals surface area contributed by atoms with Crippen LogP contribution in [-0.4, -0.2) is 9.96 Å². The lowest BCUT2D eigenvalue weighted by Gasteiger charge is -2.06. The maximum absolute atomic E-state index is 12.1. The molecule has 0 aliphatic rings. The Labute approximate surface area is 114 Å². The molecule has 0 saturated heterocycles. The summed E-state index contributed by atoms with van der Waals surface area (Å²) in [7, 11) is -1.09. The molecular weight excluding hydrogens is 266 g/mol. The van der Waals surface area contributed by atoms with Crippen molar-refractivity contribution >= 4 is 28.1 Å². The minimum Gasteiger partial charge on any atom is -0.399 e. The zero-order valence-corrected chi connectivity index (χ0v) is 11.4. The molecule has 0 aliphatic heterocycles. The molecule has 1 unspecified atom stereocenters. The summed E-state index contributed by atoms with van der Waals surface area (Å²) in [6.07, 6.45) is 0.685. The van der Waals surface area contributed by atoms with Gasteiger partial charge in [0.2, 0.25) is 0 Å². The van der Waals surface area contributed by atoms with Gasteiger partial charge in [0.15, 0.2) is 0 Å². The van der Waals surface area contributed by atoms with Gasteiger partial charge in [-0.3, -0.25) is 4.21 Å². The first-order valence-electron chi connectivity index (χ1n) is 5.65. The van der Waals surface area contributed by atoms with Crippen LogP contribution in [0.4, 0.5) is 5.69 Å². The van der Waals surface area contributed by atoms with Crippen molar-refractivity contribution in [1.82, 2.24) is 0 Å². The van der Waals surface area contributed by atoms with Crippen LogP contribution in [0.3, 0.4) is 0 Å². The first-order valence-corrected chi connectivity index (χ1v) is 7.34. The topological polar surface area (TPSA) is 43.1 Å². The number of para-hydroxylation sites is 1. The van der Waals surface area contributed by atoms with E-state index in [0.717, 1.165) is 11.3 Å². The maximum atomic E-state index is 12.1. The highest BCUT2D eigenvalue weighted by Gasteiger charge is 2.08. The molecule has 0 bridgehead atoms. The fourth-order valence-electron chi connectivity index (χ4n) is 1.70. The van der Waals surface area contributed by atoms with E-state index in [-0.39, 0.29) is 0 Å². The zero-order chi connectivity index (χ0) is 13.0. The van der Waals surface area contributed by atoms with Crippen molar-refractivity contribution in [3.63, 3.8) is 0 Å². The minimum atomic E-state index is -1.09. The lowest BCUT2D eigenvalue weighted by atomic mass is 10.1. The maximum Gasteiger partial charge on any atom is 0.0574 e. The number of halogens is 1. The Kier molecular flexibility index (Phi) is 4.39. The van der Waals surface area contributed by atoms with Gasteiger partial charge in [-0.2, -0.15) is 0 Å². The van der Waals surface area contributed by atoms with E-state index < -0.39 is 10.8 Å². The summed E-state index contributed by atoms with van der Waals surface area (Å²) in [5.74, 6) is 0.526. The molecule has 0 aromatic heterocycles. The van der Waals surface area contributed by atoms with Gasteiger partial charge in [-0.05, 0) is 30.2 Å². The van der Waals surface area contributed by atoms with Gasteiger partial charge in [0, 0.05) is 11.4 Å². The van der Waals surface area contributed by atoms with Crippen molar-refractivity contribution in [2.24, 2.45) is 0 Å². The Morgan fingerprint density at radius 1 is 1.06 bits per heavy atom. The van der Waals surface area contributed by atoms with E-state index in [0.29, 0.717) is 22.1 Å². The SMILES string of the molecule is Nc1ccccc1CCS(=O)c1ccccc1Cl. The predicted octanol–water partition coefficient (Wildman–Crippen LogP) is 3.27. The fourth-order valence-corrected chi connectivity index (χ4v) is 3.24. The second-order valence-corrected chi connectivity index (χ2v) is 5.88. The van der Waals surface area contributed by atoms with Gasteiger partial charge in [-0.1, -0.05) is 41.9 Å². The van der Waals surface area contributed by atoms with Crippen molar-refractivity contribution in [2.75, 3.05) is 11.5 Å². The number of nitrogen functional groups attached to an aromatic ring is 1. The van der Waals surface area contributed by atoms with Crippen LogP contribution in [0.15, 0.2) is 53.4 Å². The Balaban J connectivity index is 2.06. The molecule has 2 nitrogen and oxygen atoms in total. The van der Waals surface area contributed by atoms with Crippen LogP contribution in [0.25, 0.3) is 0 Å². The number of aryl methyl sites for hydroxylation is 1. The van der Waals surface area contributed by atoms with Crippen molar-refractivity contribution < 1.29 is 4.21 Å². The monoisotopic (exact) mass is 279 g/mol. The van der Waals surface area contributed by atoms with Gasteiger partial charge < -0.3 is 5.73 Å². The van der Waals surface area contributed by atoms with Crippen LogP contribution in [-0.2, 0) is 17.2 Å². The smallest absolute Gasteiger partial charge is 0.0574 e. The molecule has 0 aliphatic carbocycles. The first kappa shape index (κ1) is 13.1. The first-order chi connectivity index (χ1) is 8.68. The summed E-state index contributed by atoms with van der Waals surface area (Å²) in [6.45, 7) is 0. The third-order valence-electron chi connectivity index (χ3n) is 2.69. The molecule has 94 valence electrons. The summed E-state index contributed by atoms with van der Waals surface area (Å²) in [5.41, 5.74) is 7.62. The fraction of sp³-hybridized carbons (Fsp3) is 0.143. The van der Waals surface area contributed by atoms with Gasteiger partial charge in [0.25, 0.3) is 0 Å². The number of anilines is 1. The molecule has 18 heavy (non-hydrogen) atoms. The molecule has 0 saturated carbocycles. The van der Waals surface area contributed by atoms with Crippen LogP contribution < -0.4 is 5.73 Å². The van der Waals surface area contributed by atoms with Crippen molar-refractivity contribution in [2.45, 2.75) is 11.3 Å². The van der Waals surface area contributed by atoms with E-state index in [1.807, 2.05) is 36.4 Å². The molecule has 4 heteroatoms. The Bertz CT molecular complexity index is 571. The Morgan fingerprint density at radius 3 is 2.44 bits per heavy atom. The van der Waals surface area contributed by atoms with Gasteiger partial charge in [0.1, 0.15) is 0 Å². The molecule has 0 amide bonds. The molecule has 0 heterocycles. The number of nitrogens with two attached hydrogens (primary N) is 1. The highest BCUT2D eigenvalue weighted by atomic mass is 35.5. The zero-order valence-electron chi connectivity index (χ0n) is 9.80. The second-order valence-electron chi connectivity index (χ2n) is 3.93. The van der Waals surface area contributed by atoms with Crippen molar-refractivity contribution in [3.05, 3.63) is 59.1 Å². The normalized spacial score (nSPS) is 12.3. The minimum absolute atomic E-state index is 0.526. The molecule has 1 atom stereocenters. The molecule has 0 spiro atoms. The number of hydrogen-bond donors (Lipinski definition) is 1. The average Bonchev–Trinajstić information content (AvgIpc) is 2.38. The number of benzene rings is 2. The largest absolute Gasteiger partial charge is 0.399 e. The summed E-state index contributed by atoms with van der Waals surface area (Å²) in [4.78, 5) is 0.689. The molecule has 0 radical (unpaired) electrons. The molecule has 0 fully saturated rings. The van der Waals surface area contributed by atoms with Crippen LogP contribution in [0.2, 0.25) is 5.02 Å². The van der Waals surface area contributed by atoms with Crippen LogP contribution in [0, 0.1) is 0 Å². The van der Waals surface area contributed by atoms with E-state index in [1.165, 1.54) is 0 Å². The van der Waals surface area contributed by atoms with Crippen molar-refractivity contribution in [3.8, 4) is 0 Å². The summed E-state index contributed by atoms with van der Waals surface area (Å²) >= 11 is 6.01. The molecule has 2 aromatic carbocycles. The molecule has 2 aromatic rings. The molecule has 2 rings (SSSR count). The van der Waals surface area contributed by atoms with E-state index in [4.69, 9.17) is 17.3 Å². The van der Waals surface area contributed by atoms with E-state index in [1.54, 1.807) is 12.1 Å². The van der Waals surface area contributed by atoms with Gasteiger partial charge in [-0.25, -0.2) is 0 Å². The summed E-state index contributed by atoms with van der Waals surface area (Å²) in [6, 6.07) is 14.9. The van der Waals surface area contributed by atoms with Gasteiger partial charge >= 0.3 is 0 Å². The van der Waals surface area contributed by atoms with Crippen LogP contribution >= 0.6 is 11.6 Å². The highest BCUT2D eigenvalue weighted by molar-refractivity contribution is 7.85.